The van der Waals surface area contributed by atoms with Crippen LogP contribution >= 0.6 is 0 Å². The van der Waals surface area contributed by atoms with Crippen molar-refractivity contribution in [1.29, 1.82) is 0 Å². The largest absolute Gasteiger partial charge is 0.462 e. The summed E-state index contributed by atoms with van der Waals surface area (Å²) in [5, 5.41) is 0. The van der Waals surface area contributed by atoms with Gasteiger partial charge in [-0.05, 0) is 70.6 Å². The Labute approximate surface area is 379 Å². The van der Waals surface area contributed by atoms with Crippen molar-refractivity contribution in [2.75, 3.05) is 13.2 Å². The monoisotopic (exact) mass is 859 g/mol. The minimum atomic E-state index is -0.771. The van der Waals surface area contributed by atoms with Crippen molar-refractivity contribution in [3.8, 4) is 0 Å². The minimum Gasteiger partial charge on any atom is -0.462 e. The molecule has 358 valence electrons. The molecule has 0 saturated heterocycles. The van der Waals surface area contributed by atoms with E-state index >= 15 is 0 Å². The van der Waals surface area contributed by atoms with Crippen LogP contribution in [0.4, 0.5) is 0 Å². The Kier molecular flexibility index (Phi) is 48.8. The molecule has 0 aliphatic carbocycles. The van der Waals surface area contributed by atoms with Gasteiger partial charge in [0.15, 0.2) is 6.10 Å². The van der Waals surface area contributed by atoms with Gasteiger partial charge in [-0.2, -0.15) is 0 Å². The molecule has 1 unspecified atom stereocenters. The van der Waals surface area contributed by atoms with Crippen LogP contribution in [0.15, 0.2) is 24.3 Å². The molecule has 0 aromatic carbocycles. The van der Waals surface area contributed by atoms with Gasteiger partial charge in [-0.15, -0.1) is 0 Å². The van der Waals surface area contributed by atoms with Gasteiger partial charge >= 0.3 is 17.9 Å². The third kappa shape index (κ3) is 48.8. The SMILES string of the molecule is CCCCCCC=CCCCCCCCCCC(=O)OCC(COC(=O)CCCCCCCC=CCCCCCC)OC(=O)CCCCCCCCCCCCCCCCC. The summed E-state index contributed by atoms with van der Waals surface area (Å²) in [7, 11) is 0. The van der Waals surface area contributed by atoms with E-state index < -0.39 is 6.10 Å². The van der Waals surface area contributed by atoms with Gasteiger partial charge in [0.1, 0.15) is 13.2 Å². The summed E-state index contributed by atoms with van der Waals surface area (Å²) in [6.45, 7) is 6.63. The second kappa shape index (κ2) is 50.5. The molecule has 0 heterocycles. The lowest BCUT2D eigenvalue weighted by Crippen LogP contribution is -2.30. The van der Waals surface area contributed by atoms with Crippen molar-refractivity contribution in [2.45, 2.75) is 297 Å². The standard InChI is InChI=1S/C55H102O6/c1-4-7-10-13-16-19-22-25-27-30-33-36-39-42-45-48-54(57)60-51-52(50-59-53(56)47-44-41-38-35-32-29-24-21-18-15-12-9-6-3)61-55(58)49-46-43-40-37-34-31-28-26-23-20-17-14-11-8-5-2/h19,21-22,24,52H,4-18,20,23,25-51H2,1-3H3. The molecule has 0 rings (SSSR count). The van der Waals surface area contributed by atoms with Gasteiger partial charge in [0.25, 0.3) is 0 Å². The predicted molar refractivity (Wildman–Crippen MR) is 261 cm³/mol. The Balaban J connectivity index is 4.35. The molecule has 0 saturated carbocycles. The summed E-state index contributed by atoms with van der Waals surface area (Å²) in [6.07, 6.45) is 57.3. The van der Waals surface area contributed by atoms with E-state index in [1.54, 1.807) is 0 Å². The highest BCUT2D eigenvalue weighted by Crippen LogP contribution is 2.16. The lowest BCUT2D eigenvalue weighted by molar-refractivity contribution is -0.167. The van der Waals surface area contributed by atoms with Gasteiger partial charge in [0.05, 0.1) is 0 Å². The quantitative estimate of drug-likeness (QED) is 0.0262. The molecule has 0 N–H and O–H groups in total. The van der Waals surface area contributed by atoms with Crippen LogP contribution in [-0.4, -0.2) is 37.2 Å². The van der Waals surface area contributed by atoms with Crippen LogP contribution in [0.5, 0.6) is 0 Å². The number of esters is 3. The fraction of sp³-hybridized carbons (Fsp3) is 0.873. The highest BCUT2D eigenvalue weighted by Gasteiger charge is 2.19. The number of hydrogen-bond donors (Lipinski definition) is 0. The number of unbranched alkanes of at least 4 members (excludes halogenated alkanes) is 34. The van der Waals surface area contributed by atoms with E-state index in [2.05, 4.69) is 45.1 Å². The molecule has 6 heteroatoms. The van der Waals surface area contributed by atoms with E-state index in [1.165, 1.54) is 186 Å². The maximum Gasteiger partial charge on any atom is 0.306 e. The average Bonchev–Trinajstić information content (AvgIpc) is 3.26. The summed E-state index contributed by atoms with van der Waals surface area (Å²) >= 11 is 0. The number of ether oxygens (including phenoxy) is 3. The topological polar surface area (TPSA) is 78.9 Å². The molecule has 0 spiro atoms. The first-order chi connectivity index (χ1) is 30.0. The van der Waals surface area contributed by atoms with Crippen molar-refractivity contribution in [1.82, 2.24) is 0 Å². The Morgan fingerprint density at radius 2 is 0.541 bits per heavy atom. The second-order valence-electron chi connectivity index (χ2n) is 18.1. The molecule has 6 nitrogen and oxygen atoms in total. The lowest BCUT2D eigenvalue weighted by Gasteiger charge is -2.18. The zero-order valence-corrected chi connectivity index (χ0v) is 40.9. The Bertz CT molecular complexity index is 989. The van der Waals surface area contributed by atoms with Crippen LogP contribution < -0.4 is 0 Å². The van der Waals surface area contributed by atoms with E-state index in [0.717, 1.165) is 64.2 Å². The highest BCUT2D eigenvalue weighted by molar-refractivity contribution is 5.71. The van der Waals surface area contributed by atoms with Gasteiger partial charge in [0.2, 0.25) is 0 Å². The van der Waals surface area contributed by atoms with Gasteiger partial charge in [-0.3, -0.25) is 14.4 Å². The van der Waals surface area contributed by atoms with Crippen LogP contribution in [0.2, 0.25) is 0 Å². The summed E-state index contributed by atoms with van der Waals surface area (Å²) in [6, 6.07) is 0. The van der Waals surface area contributed by atoms with E-state index in [-0.39, 0.29) is 31.1 Å². The molecule has 0 aromatic rings. The van der Waals surface area contributed by atoms with Gasteiger partial charge in [0, 0.05) is 19.3 Å². The van der Waals surface area contributed by atoms with Gasteiger partial charge in [-0.1, -0.05) is 225 Å². The zero-order chi connectivity index (χ0) is 44.4. The van der Waals surface area contributed by atoms with Crippen LogP contribution in [-0.2, 0) is 28.6 Å². The van der Waals surface area contributed by atoms with Gasteiger partial charge in [-0.25, -0.2) is 0 Å². The van der Waals surface area contributed by atoms with Crippen LogP contribution in [0.3, 0.4) is 0 Å². The molecule has 0 aliphatic heterocycles. The normalized spacial score (nSPS) is 12.1. The van der Waals surface area contributed by atoms with Crippen molar-refractivity contribution in [3.05, 3.63) is 24.3 Å². The van der Waals surface area contributed by atoms with E-state index in [4.69, 9.17) is 14.2 Å². The minimum absolute atomic E-state index is 0.0723. The number of allylic oxidation sites excluding steroid dienone is 4. The van der Waals surface area contributed by atoms with E-state index in [9.17, 15) is 14.4 Å². The highest BCUT2D eigenvalue weighted by atomic mass is 16.6. The average molecular weight is 859 g/mol. The first-order valence-electron chi connectivity index (χ1n) is 26.8. The Morgan fingerprint density at radius 1 is 0.311 bits per heavy atom. The fourth-order valence-corrected chi connectivity index (χ4v) is 7.84. The summed E-state index contributed by atoms with van der Waals surface area (Å²) < 4.78 is 16.8. The van der Waals surface area contributed by atoms with Crippen LogP contribution in [0.1, 0.15) is 290 Å². The molecule has 61 heavy (non-hydrogen) atoms. The van der Waals surface area contributed by atoms with E-state index in [0.29, 0.717) is 19.3 Å². The fourth-order valence-electron chi connectivity index (χ4n) is 7.84. The molecule has 1 atom stereocenters. The number of carbonyl (C=O) groups excluding carboxylic acids is 3. The third-order valence-electron chi connectivity index (χ3n) is 11.9. The van der Waals surface area contributed by atoms with Crippen LogP contribution in [0.25, 0.3) is 0 Å². The van der Waals surface area contributed by atoms with Crippen LogP contribution in [0, 0.1) is 0 Å². The molecule has 0 bridgehead atoms. The maximum absolute atomic E-state index is 12.8. The molecule has 0 fully saturated rings. The number of rotatable bonds is 49. The Morgan fingerprint density at radius 3 is 0.836 bits per heavy atom. The molecular formula is C55H102O6. The third-order valence-corrected chi connectivity index (χ3v) is 11.9. The zero-order valence-electron chi connectivity index (χ0n) is 40.9. The van der Waals surface area contributed by atoms with Gasteiger partial charge < -0.3 is 14.2 Å². The second-order valence-corrected chi connectivity index (χ2v) is 18.1. The molecule has 0 aliphatic rings. The first kappa shape index (κ1) is 58.9. The lowest BCUT2D eigenvalue weighted by atomic mass is 10.0. The summed E-state index contributed by atoms with van der Waals surface area (Å²) in [4.78, 5) is 38.0. The maximum atomic E-state index is 12.8. The molecule has 0 aromatic heterocycles. The van der Waals surface area contributed by atoms with E-state index in [1.807, 2.05) is 0 Å². The number of carbonyl (C=O) groups is 3. The predicted octanol–water partition coefficient (Wildman–Crippen LogP) is 17.5. The van der Waals surface area contributed by atoms with Crippen molar-refractivity contribution >= 4 is 17.9 Å². The van der Waals surface area contributed by atoms with Crippen molar-refractivity contribution in [3.63, 3.8) is 0 Å². The van der Waals surface area contributed by atoms with Crippen molar-refractivity contribution < 1.29 is 28.6 Å². The molecular weight excluding hydrogens is 757 g/mol. The Hall–Kier alpha value is -2.11. The molecule has 0 radical (unpaired) electrons. The first-order valence-corrected chi connectivity index (χ1v) is 26.8. The summed E-state index contributed by atoms with van der Waals surface area (Å²) in [5.41, 5.74) is 0. The summed E-state index contributed by atoms with van der Waals surface area (Å²) in [5.74, 6) is -0.870. The van der Waals surface area contributed by atoms with Crippen molar-refractivity contribution in [2.24, 2.45) is 0 Å². The smallest absolute Gasteiger partial charge is 0.306 e. The molecule has 0 amide bonds. The number of hydrogen-bond acceptors (Lipinski definition) is 6.